The Bertz CT molecular complexity index is 935. The molecule has 4 fully saturated rings. The Hall–Kier alpha value is -2.45. The van der Waals surface area contributed by atoms with E-state index in [0.29, 0.717) is 18.5 Å². The Morgan fingerprint density at radius 3 is 2.37 bits per heavy atom. The Balaban J connectivity index is 0.000000211. The number of carbonyl (C=O) groups is 3. The summed E-state index contributed by atoms with van der Waals surface area (Å²) >= 11 is 0. The molecule has 0 bridgehead atoms. The van der Waals surface area contributed by atoms with Gasteiger partial charge >= 0.3 is 0 Å². The van der Waals surface area contributed by atoms with E-state index in [2.05, 4.69) is 10.6 Å². The van der Waals surface area contributed by atoms with Crippen LogP contribution in [0.15, 0.2) is 18.2 Å². The molecule has 8 heteroatoms. The van der Waals surface area contributed by atoms with Gasteiger partial charge in [0.05, 0.1) is 6.10 Å². The van der Waals surface area contributed by atoms with Crippen molar-refractivity contribution in [3.05, 3.63) is 29.3 Å². The van der Waals surface area contributed by atoms with Crippen LogP contribution in [0.1, 0.15) is 73.7 Å². The van der Waals surface area contributed by atoms with E-state index in [9.17, 15) is 14.4 Å². The summed E-state index contributed by atoms with van der Waals surface area (Å²) in [4.78, 5) is 37.6. The molecule has 1 aliphatic carbocycles. The zero-order chi connectivity index (χ0) is 24.2. The van der Waals surface area contributed by atoms with E-state index in [4.69, 9.17) is 9.47 Å². The highest BCUT2D eigenvalue weighted by atomic mass is 16.5. The summed E-state index contributed by atoms with van der Waals surface area (Å²) in [5.41, 5.74) is 1.52. The van der Waals surface area contributed by atoms with Crippen LogP contribution in [-0.2, 0) is 20.9 Å². The van der Waals surface area contributed by atoms with E-state index in [1.165, 1.54) is 45.2 Å². The number of imide groups is 1. The van der Waals surface area contributed by atoms with Crippen molar-refractivity contribution in [3.8, 4) is 5.75 Å². The van der Waals surface area contributed by atoms with Gasteiger partial charge in [0.2, 0.25) is 11.8 Å². The molecular weight excluding hydrogens is 446 g/mol. The minimum Gasteiger partial charge on any atom is -0.490 e. The number of benzene rings is 1. The number of ether oxygens (including phenoxy) is 2. The van der Waals surface area contributed by atoms with Crippen LogP contribution in [0.4, 0.5) is 0 Å². The third kappa shape index (κ3) is 5.70. The van der Waals surface area contributed by atoms with Crippen LogP contribution in [0.25, 0.3) is 0 Å². The molecule has 6 rings (SSSR count). The van der Waals surface area contributed by atoms with Gasteiger partial charge in [-0.25, -0.2) is 0 Å². The minimum atomic E-state index is -0.569. The lowest BCUT2D eigenvalue weighted by Gasteiger charge is -2.36. The van der Waals surface area contributed by atoms with Crippen molar-refractivity contribution in [2.75, 3.05) is 26.3 Å². The predicted octanol–water partition coefficient (Wildman–Crippen LogP) is 2.79. The van der Waals surface area contributed by atoms with Crippen molar-refractivity contribution in [2.45, 2.75) is 76.5 Å². The van der Waals surface area contributed by atoms with Gasteiger partial charge in [-0.05, 0) is 93.6 Å². The van der Waals surface area contributed by atoms with Gasteiger partial charge in [-0.15, -0.1) is 0 Å². The summed E-state index contributed by atoms with van der Waals surface area (Å²) in [7, 11) is 0. The van der Waals surface area contributed by atoms with Gasteiger partial charge in [0, 0.05) is 31.7 Å². The normalized spacial score (nSPS) is 25.9. The molecule has 4 aliphatic heterocycles. The number of nitrogens with one attached hydrogen (secondary N) is 2. The smallest absolute Gasteiger partial charge is 0.255 e. The summed E-state index contributed by atoms with van der Waals surface area (Å²) in [6.45, 7) is 4.90. The van der Waals surface area contributed by atoms with Crippen LogP contribution < -0.4 is 15.4 Å². The van der Waals surface area contributed by atoms with Crippen LogP contribution >= 0.6 is 0 Å². The predicted molar refractivity (Wildman–Crippen MR) is 130 cm³/mol. The third-order valence-corrected chi connectivity index (χ3v) is 8.10. The number of hydrogen-bond donors (Lipinski definition) is 2. The van der Waals surface area contributed by atoms with Crippen molar-refractivity contribution in [2.24, 2.45) is 11.8 Å². The molecule has 2 N–H and O–H groups in total. The maximum Gasteiger partial charge on any atom is 0.255 e. The standard InChI is InChI=1S/C19H22N2O4.C8H15NO/c22-17-9-8-16(18(23)20-17)21-11-12-10-14(6-7-15(12)19(21)24)25-13-4-2-1-3-5-13;1-3-10-4-2-7(1)8-5-9-6-8/h6-7,10,13,16H,1-5,8-9,11H2,(H,20,22,23);7-9H,1-6H2. The largest absolute Gasteiger partial charge is 0.490 e. The highest BCUT2D eigenvalue weighted by molar-refractivity contribution is 6.05. The second-order valence-electron chi connectivity index (χ2n) is 10.5. The first-order chi connectivity index (χ1) is 17.1. The monoisotopic (exact) mass is 483 g/mol. The average molecular weight is 484 g/mol. The summed E-state index contributed by atoms with van der Waals surface area (Å²) in [6, 6.07) is 5.00. The molecule has 5 aliphatic rings. The number of piperidine rings is 1. The fraction of sp³-hybridized carbons (Fsp3) is 0.667. The van der Waals surface area contributed by atoms with Gasteiger partial charge in [0.1, 0.15) is 11.8 Å². The number of carbonyl (C=O) groups excluding carboxylic acids is 3. The van der Waals surface area contributed by atoms with E-state index >= 15 is 0 Å². The van der Waals surface area contributed by atoms with Gasteiger partial charge in [-0.2, -0.15) is 0 Å². The number of fused-ring (bicyclic) bond motifs is 1. The van der Waals surface area contributed by atoms with Crippen LogP contribution in [0, 0.1) is 11.8 Å². The van der Waals surface area contributed by atoms with Crippen LogP contribution in [0.3, 0.4) is 0 Å². The number of rotatable bonds is 4. The molecule has 0 spiro atoms. The maximum absolute atomic E-state index is 12.6. The fourth-order valence-corrected chi connectivity index (χ4v) is 5.83. The van der Waals surface area contributed by atoms with Crippen molar-refractivity contribution in [1.82, 2.24) is 15.5 Å². The first-order valence-corrected chi connectivity index (χ1v) is 13.3. The number of amides is 3. The molecule has 190 valence electrons. The topological polar surface area (TPSA) is 97.0 Å². The molecule has 0 aromatic heterocycles. The summed E-state index contributed by atoms with van der Waals surface area (Å²) < 4.78 is 11.4. The summed E-state index contributed by atoms with van der Waals surface area (Å²) in [5, 5.41) is 5.64. The van der Waals surface area contributed by atoms with Gasteiger partial charge in [-0.1, -0.05) is 6.42 Å². The lowest BCUT2D eigenvalue weighted by Crippen LogP contribution is -2.52. The van der Waals surface area contributed by atoms with Crippen molar-refractivity contribution >= 4 is 17.7 Å². The highest BCUT2D eigenvalue weighted by Gasteiger charge is 2.39. The molecule has 8 nitrogen and oxygen atoms in total. The van der Waals surface area contributed by atoms with Gasteiger partial charge < -0.3 is 19.7 Å². The molecule has 1 aromatic rings. The van der Waals surface area contributed by atoms with Crippen LogP contribution in [0.5, 0.6) is 5.75 Å². The summed E-state index contributed by atoms with van der Waals surface area (Å²) in [5.74, 6) is 1.95. The molecule has 3 amide bonds. The quantitative estimate of drug-likeness (QED) is 0.640. The van der Waals surface area contributed by atoms with Crippen molar-refractivity contribution in [1.29, 1.82) is 0 Å². The van der Waals surface area contributed by atoms with Gasteiger partial charge in [-0.3, -0.25) is 19.7 Å². The lowest BCUT2D eigenvalue weighted by atomic mass is 9.82. The Morgan fingerprint density at radius 1 is 0.914 bits per heavy atom. The van der Waals surface area contributed by atoms with Crippen molar-refractivity contribution < 1.29 is 23.9 Å². The van der Waals surface area contributed by atoms with E-state index in [1.54, 1.807) is 11.0 Å². The molecule has 1 saturated carbocycles. The Kier molecular flexibility index (Phi) is 7.68. The molecular formula is C27H37N3O5. The Labute approximate surface area is 207 Å². The zero-order valence-corrected chi connectivity index (χ0v) is 20.4. The fourth-order valence-electron chi connectivity index (χ4n) is 5.83. The maximum atomic E-state index is 12.6. The second-order valence-corrected chi connectivity index (χ2v) is 10.5. The van der Waals surface area contributed by atoms with E-state index < -0.39 is 6.04 Å². The van der Waals surface area contributed by atoms with E-state index in [1.807, 2.05) is 12.1 Å². The molecule has 35 heavy (non-hydrogen) atoms. The van der Waals surface area contributed by atoms with E-state index in [0.717, 1.165) is 49.2 Å². The highest BCUT2D eigenvalue weighted by Crippen LogP contribution is 2.32. The molecule has 1 aromatic carbocycles. The molecule has 0 radical (unpaired) electrons. The molecule has 3 saturated heterocycles. The SMILES string of the molecule is C1CC(C2CNC2)CCO1.O=C1CCC(N2Cc3cc(OC4CCCCC4)ccc3C2=O)C(=O)N1. The number of hydrogen-bond acceptors (Lipinski definition) is 6. The van der Waals surface area contributed by atoms with Crippen LogP contribution in [-0.4, -0.2) is 61.1 Å². The van der Waals surface area contributed by atoms with Crippen LogP contribution in [0.2, 0.25) is 0 Å². The lowest BCUT2D eigenvalue weighted by molar-refractivity contribution is -0.136. The van der Waals surface area contributed by atoms with Gasteiger partial charge in [0.25, 0.3) is 5.91 Å². The Morgan fingerprint density at radius 2 is 1.69 bits per heavy atom. The average Bonchev–Trinajstić information content (AvgIpc) is 3.15. The molecule has 4 heterocycles. The second kappa shape index (κ2) is 11.1. The van der Waals surface area contributed by atoms with Crippen molar-refractivity contribution in [3.63, 3.8) is 0 Å². The van der Waals surface area contributed by atoms with E-state index in [-0.39, 0.29) is 30.2 Å². The van der Waals surface area contributed by atoms with Gasteiger partial charge in [0.15, 0.2) is 0 Å². The first kappa shape index (κ1) is 24.3. The number of nitrogens with zero attached hydrogens (tertiary/aromatic N) is 1. The summed E-state index contributed by atoms with van der Waals surface area (Å²) in [6.07, 6.45) is 9.36. The third-order valence-electron chi connectivity index (χ3n) is 8.10. The minimum absolute atomic E-state index is 0.145. The molecule has 1 atom stereocenters. The zero-order valence-electron chi connectivity index (χ0n) is 20.4. The first-order valence-electron chi connectivity index (χ1n) is 13.3. The molecule has 1 unspecified atom stereocenters.